The second-order valence-corrected chi connectivity index (χ2v) is 5.59. The van der Waals surface area contributed by atoms with Crippen molar-refractivity contribution < 1.29 is 9.53 Å². The van der Waals surface area contributed by atoms with Gasteiger partial charge in [0.25, 0.3) is 5.91 Å². The summed E-state index contributed by atoms with van der Waals surface area (Å²) in [6.07, 6.45) is 3.30. The van der Waals surface area contributed by atoms with Gasteiger partial charge < -0.3 is 4.74 Å². The van der Waals surface area contributed by atoms with Crippen molar-refractivity contribution in [3.05, 3.63) is 58.8 Å². The molecule has 112 valence electrons. The molecule has 0 radical (unpaired) electrons. The number of amides is 1. The zero-order valence-electron chi connectivity index (χ0n) is 11.3. The van der Waals surface area contributed by atoms with Gasteiger partial charge in [-0.3, -0.25) is 10.1 Å². The zero-order chi connectivity index (χ0) is 15.4. The lowest BCUT2D eigenvalue weighted by Gasteiger charge is -2.05. The van der Waals surface area contributed by atoms with E-state index in [1.165, 1.54) is 16.0 Å². The molecule has 0 saturated heterocycles. The van der Waals surface area contributed by atoms with Crippen LogP contribution in [0.1, 0.15) is 10.5 Å². The molecule has 0 aliphatic carbocycles. The summed E-state index contributed by atoms with van der Waals surface area (Å²) in [5.74, 6) is 0.369. The normalized spacial score (nSPS) is 10.4. The van der Waals surface area contributed by atoms with Crippen molar-refractivity contribution in [2.45, 2.75) is 6.73 Å². The summed E-state index contributed by atoms with van der Waals surface area (Å²) < 4.78 is 7.08. The van der Waals surface area contributed by atoms with Gasteiger partial charge in [-0.1, -0.05) is 11.6 Å². The highest BCUT2D eigenvalue weighted by molar-refractivity contribution is 7.13. The molecule has 3 rings (SSSR count). The lowest BCUT2D eigenvalue weighted by Crippen LogP contribution is -2.14. The molecule has 2 heterocycles. The topological polar surface area (TPSA) is 69.0 Å². The molecule has 0 aliphatic heterocycles. The molecule has 0 atom stereocenters. The Morgan fingerprint density at radius 2 is 2.14 bits per heavy atom. The molecule has 0 saturated carbocycles. The van der Waals surface area contributed by atoms with E-state index in [0.29, 0.717) is 21.6 Å². The van der Waals surface area contributed by atoms with Crippen LogP contribution in [0.15, 0.2) is 48.1 Å². The van der Waals surface area contributed by atoms with Gasteiger partial charge in [0.2, 0.25) is 0 Å². The lowest BCUT2D eigenvalue weighted by molar-refractivity contribution is 0.102. The average molecular weight is 335 g/mol. The van der Waals surface area contributed by atoms with Crippen LogP contribution >= 0.6 is 22.9 Å². The summed E-state index contributed by atoms with van der Waals surface area (Å²) in [4.78, 5) is 15.9. The first-order valence-corrected chi connectivity index (χ1v) is 7.59. The Morgan fingerprint density at radius 1 is 1.32 bits per heavy atom. The number of anilines is 1. The summed E-state index contributed by atoms with van der Waals surface area (Å²) >= 11 is 7.15. The maximum absolute atomic E-state index is 12.0. The first kappa shape index (κ1) is 14.6. The maximum atomic E-state index is 12.0. The van der Waals surface area contributed by atoms with Crippen molar-refractivity contribution in [3.8, 4) is 5.75 Å². The molecule has 22 heavy (non-hydrogen) atoms. The number of nitrogens with zero attached hydrogens (tertiary/aromatic N) is 3. The molecule has 0 fully saturated rings. The lowest BCUT2D eigenvalue weighted by atomic mass is 10.3. The maximum Gasteiger partial charge on any atom is 0.277 e. The Hall–Kier alpha value is -2.38. The predicted octanol–water partition coefficient (Wildman–Crippen LogP) is 3.28. The largest absolute Gasteiger partial charge is 0.471 e. The zero-order valence-corrected chi connectivity index (χ0v) is 12.8. The van der Waals surface area contributed by atoms with Crippen molar-refractivity contribution in [1.29, 1.82) is 0 Å². The number of carbonyl (C=O) groups excluding carboxylic acids is 1. The number of ether oxygens (including phenoxy) is 1. The van der Waals surface area contributed by atoms with Gasteiger partial charge >= 0.3 is 0 Å². The number of hydrogen-bond donors (Lipinski definition) is 1. The van der Waals surface area contributed by atoms with Gasteiger partial charge in [0.05, 0.1) is 0 Å². The first-order valence-electron chi connectivity index (χ1n) is 6.33. The van der Waals surface area contributed by atoms with Crippen molar-refractivity contribution in [1.82, 2.24) is 14.8 Å². The Kier molecular flexibility index (Phi) is 4.36. The molecule has 0 unspecified atom stereocenters. The van der Waals surface area contributed by atoms with E-state index in [9.17, 15) is 4.79 Å². The van der Waals surface area contributed by atoms with Gasteiger partial charge in [-0.05, 0) is 30.3 Å². The number of rotatable bonds is 5. The van der Waals surface area contributed by atoms with E-state index in [4.69, 9.17) is 16.3 Å². The number of aromatic nitrogens is 3. The Balaban J connectivity index is 1.58. The number of nitrogens with one attached hydrogen (secondary N) is 1. The number of carbonyl (C=O) groups is 1. The van der Waals surface area contributed by atoms with Gasteiger partial charge in [0.15, 0.2) is 17.6 Å². The highest BCUT2D eigenvalue weighted by Crippen LogP contribution is 2.16. The van der Waals surface area contributed by atoms with E-state index in [-0.39, 0.29) is 12.6 Å². The summed E-state index contributed by atoms with van der Waals surface area (Å²) in [5, 5.41) is 9.79. The van der Waals surface area contributed by atoms with Crippen LogP contribution in [0.3, 0.4) is 0 Å². The fraction of sp³-hybridized carbons (Fsp3) is 0.0714. The molecular weight excluding hydrogens is 324 g/mol. The molecule has 8 heteroatoms. The Labute approximate surface area is 135 Å². The smallest absolute Gasteiger partial charge is 0.277 e. The van der Waals surface area contributed by atoms with Crippen LogP contribution in [0.25, 0.3) is 0 Å². The van der Waals surface area contributed by atoms with Gasteiger partial charge in [-0.15, -0.1) is 11.3 Å². The van der Waals surface area contributed by atoms with Gasteiger partial charge in [-0.2, -0.15) is 5.10 Å². The molecule has 0 bridgehead atoms. The highest BCUT2D eigenvalue weighted by atomic mass is 35.5. The van der Waals surface area contributed by atoms with Crippen molar-refractivity contribution in [2.24, 2.45) is 0 Å². The first-order chi connectivity index (χ1) is 10.7. The highest BCUT2D eigenvalue weighted by Gasteiger charge is 2.11. The minimum Gasteiger partial charge on any atom is -0.471 e. The Bertz CT molecular complexity index is 756. The fourth-order valence-corrected chi connectivity index (χ4v) is 2.32. The van der Waals surface area contributed by atoms with Gasteiger partial charge in [-0.25, -0.2) is 9.67 Å². The second-order valence-electron chi connectivity index (χ2n) is 4.26. The van der Waals surface area contributed by atoms with Crippen molar-refractivity contribution >= 4 is 34.0 Å². The third-order valence-corrected chi connectivity index (χ3v) is 3.64. The molecule has 0 spiro atoms. The van der Waals surface area contributed by atoms with Crippen LogP contribution in [-0.2, 0) is 6.73 Å². The van der Waals surface area contributed by atoms with Crippen LogP contribution in [0.4, 0.5) is 5.13 Å². The van der Waals surface area contributed by atoms with E-state index in [0.717, 1.165) is 0 Å². The van der Waals surface area contributed by atoms with E-state index in [2.05, 4.69) is 15.4 Å². The standard InChI is InChI=1S/C14H11ClN4O2S/c15-10-1-3-11(4-2-10)21-9-19-7-5-12(18-19)13(20)17-14-16-6-8-22-14/h1-8H,9H2,(H,16,17,20). The number of halogens is 1. The summed E-state index contributed by atoms with van der Waals surface area (Å²) in [5.41, 5.74) is 0.301. The number of hydrogen-bond acceptors (Lipinski definition) is 5. The van der Waals surface area contributed by atoms with E-state index >= 15 is 0 Å². The fourth-order valence-electron chi connectivity index (χ4n) is 1.67. The van der Waals surface area contributed by atoms with Gasteiger partial charge in [0, 0.05) is 22.8 Å². The molecule has 1 N–H and O–H groups in total. The van der Waals surface area contributed by atoms with Crippen LogP contribution in [0.2, 0.25) is 5.02 Å². The molecule has 2 aromatic heterocycles. The van der Waals surface area contributed by atoms with Crippen LogP contribution in [0.5, 0.6) is 5.75 Å². The summed E-state index contributed by atoms with van der Waals surface area (Å²) in [6.45, 7) is 0.201. The minimum absolute atomic E-state index is 0.201. The molecular formula is C14H11ClN4O2S. The second kappa shape index (κ2) is 6.59. The van der Waals surface area contributed by atoms with Crippen LogP contribution in [-0.4, -0.2) is 20.7 Å². The SMILES string of the molecule is O=C(Nc1nccs1)c1ccn(COc2ccc(Cl)cc2)n1. The summed E-state index contributed by atoms with van der Waals surface area (Å²) in [6, 6.07) is 8.64. The predicted molar refractivity (Wildman–Crippen MR) is 84.4 cm³/mol. The molecule has 6 nitrogen and oxygen atoms in total. The van der Waals surface area contributed by atoms with Crippen LogP contribution in [0, 0.1) is 0 Å². The quantitative estimate of drug-likeness (QED) is 0.777. The third kappa shape index (κ3) is 3.63. The summed E-state index contributed by atoms with van der Waals surface area (Å²) in [7, 11) is 0. The number of benzene rings is 1. The van der Waals surface area contributed by atoms with E-state index < -0.39 is 0 Å². The average Bonchev–Trinajstić information content (AvgIpc) is 3.18. The molecule has 1 aromatic carbocycles. The van der Waals surface area contributed by atoms with E-state index in [1.807, 2.05) is 0 Å². The minimum atomic E-state index is -0.305. The number of thiazole rings is 1. The van der Waals surface area contributed by atoms with Crippen LogP contribution < -0.4 is 10.1 Å². The monoisotopic (exact) mass is 334 g/mol. The Morgan fingerprint density at radius 3 is 2.86 bits per heavy atom. The molecule has 3 aromatic rings. The van der Waals surface area contributed by atoms with Crippen molar-refractivity contribution in [2.75, 3.05) is 5.32 Å². The molecule has 1 amide bonds. The third-order valence-electron chi connectivity index (χ3n) is 2.70. The van der Waals surface area contributed by atoms with Gasteiger partial charge in [0.1, 0.15) is 5.75 Å². The van der Waals surface area contributed by atoms with E-state index in [1.54, 1.807) is 48.1 Å². The molecule has 0 aliphatic rings. The van der Waals surface area contributed by atoms with Crippen molar-refractivity contribution in [3.63, 3.8) is 0 Å².